The number of benzene rings is 1. The van der Waals surface area contributed by atoms with E-state index in [4.69, 9.17) is 4.52 Å². The lowest BCUT2D eigenvalue weighted by Crippen LogP contribution is -2.30. The van der Waals surface area contributed by atoms with E-state index in [-0.39, 0.29) is 22.5 Å². The van der Waals surface area contributed by atoms with Crippen molar-refractivity contribution in [1.29, 1.82) is 0 Å². The van der Waals surface area contributed by atoms with E-state index in [2.05, 4.69) is 80.5 Å². The third-order valence-corrected chi connectivity index (χ3v) is 6.11. The topological polar surface area (TPSA) is 43.1 Å². The molecule has 0 saturated carbocycles. The summed E-state index contributed by atoms with van der Waals surface area (Å²) >= 11 is 0. The molecule has 28 heavy (non-hydrogen) atoms. The zero-order chi connectivity index (χ0) is 21.2. The summed E-state index contributed by atoms with van der Waals surface area (Å²) in [5.41, 5.74) is 8.28. The molecule has 2 aromatic rings. The van der Waals surface area contributed by atoms with Gasteiger partial charge < -0.3 is 4.52 Å². The molecule has 1 aliphatic rings. The van der Waals surface area contributed by atoms with Crippen molar-refractivity contribution in [2.45, 2.75) is 75.2 Å². The fraction of sp³-hybridized carbons (Fsp3) is 0.520. The molecule has 3 nitrogen and oxygen atoms in total. The van der Waals surface area contributed by atoms with Gasteiger partial charge in [0.25, 0.3) is 0 Å². The first kappa shape index (κ1) is 20.6. The van der Waals surface area contributed by atoms with E-state index in [9.17, 15) is 4.79 Å². The zero-order valence-corrected chi connectivity index (χ0v) is 19.0. The fourth-order valence-electron chi connectivity index (χ4n) is 4.36. The molecule has 0 saturated heterocycles. The van der Waals surface area contributed by atoms with E-state index in [0.29, 0.717) is 0 Å². The van der Waals surface area contributed by atoms with Gasteiger partial charge in [-0.2, -0.15) is 0 Å². The Balaban J connectivity index is 2.41. The Bertz CT molecular complexity index is 965. The number of ketones is 1. The Morgan fingerprint density at radius 3 is 1.93 bits per heavy atom. The summed E-state index contributed by atoms with van der Waals surface area (Å²) in [5.74, 6) is 0.656. The van der Waals surface area contributed by atoms with Crippen molar-refractivity contribution in [3.63, 3.8) is 0 Å². The van der Waals surface area contributed by atoms with Crippen LogP contribution in [0.3, 0.4) is 0 Å². The molecule has 0 bridgehead atoms. The fourth-order valence-corrected chi connectivity index (χ4v) is 4.36. The van der Waals surface area contributed by atoms with Crippen molar-refractivity contribution in [3.05, 3.63) is 45.7 Å². The first-order valence-corrected chi connectivity index (χ1v) is 10.1. The van der Waals surface area contributed by atoms with Gasteiger partial charge in [0.05, 0.1) is 5.92 Å². The first-order chi connectivity index (χ1) is 12.7. The molecule has 1 aromatic heterocycles. The van der Waals surface area contributed by atoms with Gasteiger partial charge in [-0.15, -0.1) is 0 Å². The van der Waals surface area contributed by atoms with Crippen LogP contribution in [0.5, 0.6) is 0 Å². The average Bonchev–Trinajstić information content (AvgIpc) is 2.94. The Morgan fingerprint density at radius 2 is 1.46 bits per heavy atom. The second kappa shape index (κ2) is 6.43. The largest absolute Gasteiger partial charge is 0.356 e. The minimum absolute atomic E-state index is 0.147. The number of carbonyl (C=O) groups excluding carboxylic acids is 1. The summed E-state index contributed by atoms with van der Waals surface area (Å²) in [4.78, 5) is 13.3. The Labute approximate surface area is 169 Å². The second-order valence-corrected chi connectivity index (χ2v) is 10.4. The minimum Gasteiger partial charge on any atom is -0.356 e. The summed E-state index contributed by atoms with van der Waals surface area (Å²) < 4.78 is 5.97. The van der Waals surface area contributed by atoms with Crippen molar-refractivity contribution in [2.24, 2.45) is 10.8 Å². The molecule has 0 N–H and O–H groups in total. The molecule has 3 rings (SSSR count). The Morgan fingerprint density at radius 1 is 0.929 bits per heavy atom. The van der Waals surface area contributed by atoms with Crippen LogP contribution in [0.4, 0.5) is 0 Å². The molecule has 3 heteroatoms. The molecule has 1 heterocycles. The standard InChI is InChI=1S/C25H33NO2/c1-13-11-14(2)16(4)19(15(13)3)22-20-21(25(8,9)10)18(27)12-17(24(5,6)7)23(20)28-26-22/h11-12,21H,1-10H3. The van der Waals surface area contributed by atoms with Crippen LogP contribution in [-0.4, -0.2) is 10.9 Å². The first-order valence-electron chi connectivity index (χ1n) is 10.1. The van der Waals surface area contributed by atoms with Gasteiger partial charge in [0.15, 0.2) is 11.5 Å². The molecule has 0 fully saturated rings. The lowest BCUT2D eigenvalue weighted by Gasteiger charge is -2.34. The molecule has 0 radical (unpaired) electrons. The van der Waals surface area contributed by atoms with Crippen LogP contribution >= 0.6 is 0 Å². The van der Waals surface area contributed by atoms with Crippen LogP contribution in [0.25, 0.3) is 16.8 Å². The number of hydrogen-bond donors (Lipinski definition) is 0. The molecule has 150 valence electrons. The van der Waals surface area contributed by atoms with Gasteiger partial charge in [-0.1, -0.05) is 52.8 Å². The Hall–Kier alpha value is -2.16. The molecule has 1 aromatic carbocycles. The van der Waals surface area contributed by atoms with Gasteiger partial charge in [-0.25, -0.2) is 0 Å². The molecular weight excluding hydrogens is 346 g/mol. The predicted molar refractivity (Wildman–Crippen MR) is 116 cm³/mol. The number of rotatable bonds is 1. The van der Waals surface area contributed by atoms with Crippen molar-refractivity contribution in [2.75, 3.05) is 0 Å². The number of aromatic nitrogens is 1. The maximum Gasteiger partial charge on any atom is 0.168 e. The van der Waals surface area contributed by atoms with E-state index in [1.54, 1.807) is 6.08 Å². The number of nitrogens with zero attached hydrogens (tertiary/aromatic N) is 1. The van der Waals surface area contributed by atoms with Crippen molar-refractivity contribution in [3.8, 4) is 11.3 Å². The van der Waals surface area contributed by atoms with Crippen molar-refractivity contribution >= 4 is 11.4 Å². The maximum absolute atomic E-state index is 13.3. The minimum atomic E-state index is -0.269. The highest BCUT2D eigenvalue weighted by Crippen LogP contribution is 2.51. The maximum atomic E-state index is 13.3. The van der Waals surface area contributed by atoms with E-state index >= 15 is 0 Å². The molecule has 1 unspecified atom stereocenters. The van der Waals surface area contributed by atoms with Crippen LogP contribution in [0.15, 0.2) is 16.7 Å². The van der Waals surface area contributed by atoms with E-state index in [0.717, 1.165) is 28.2 Å². The summed E-state index contributed by atoms with van der Waals surface area (Å²) in [6, 6.07) is 2.22. The summed E-state index contributed by atoms with van der Waals surface area (Å²) in [6.45, 7) is 21.2. The van der Waals surface area contributed by atoms with Gasteiger partial charge in [-0.05, 0) is 66.9 Å². The lowest BCUT2D eigenvalue weighted by atomic mass is 9.67. The van der Waals surface area contributed by atoms with E-state index in [1.165, 1.54) is 22.3 Å². The molecule has 0 aliphatic heterocycles. The van der Waals surface area contributed by atoms with E-state index < -0.39 is 0 Å². The van der Waals surface area contributed by atoms with Crippen molar-refractivity contribution < 1.29 is 9.32 Å². The van der Waals surface area contributed by atoms with Crippen LogP contribution in [0.2, 0.25) is 0 Å². The highest BCUT2D eigenvalue weighted by molar-refractivity contribution is 6.07. The lowest BCUT2D eigenvalue weighted by molar-refractivity contribution is -0.118. The molecular formula is C25H33NO2. The van der Waals surface area contributed by atoms with Crippen LogP contribution in [0, 0.1) is 38.5 Å². The second-order valence-electron chi connectivity index (χ2n) is 10.4. The molecule has 0 amide bonds. The van der Waals surface area contributed by atoms with Gasteiger partial charge >= 0.3 is 0 Å². The van der Waals surface area contributed by atoms with Gasteiger partial charge in [0.2, 0.25) is 0 Å². The summed E-state index contributed by atoms with van der Waals surface area (Å²) in [6.07, 6.45) is 1.79. The van der Waals surface area contributed by atoms with E-state index in [1.807, 2.05) is 0 Å². The van der Waals surface area contributed by atoms with Crippen LogP contribution in [-0.2, 0) is 4.79 Å². The predicted octanol–water partition coefficient (Wildman–Crippen LogP) is 6.72. The number of fused-ring (bicyclic) bond motifs is 1. The third-order valence-electron chi connectivity index (χ3n) is 6.11. The van der Waals surface area contributed by atoms with Crippen molar-refractivity contribution in [1.82, 2.24) is 5.16 Å². The number of carbonyl (C=O) groups is 1. The zero-order valence-electron chi connectivity index (χ0n) is 19.0. The number of aryl methyl sites for hydroxylation is 2. The normalized spacial score (nSPS) is 17.6. The summed E-state index contributed by atoms with van der Waals surface area (Å²) in [5, 5.41) is 4.57. The van der Waals surface area contributed by atoms with Gasteiger partial charge in [0.1, 0.15) is 5.69 Å². The summed E-state index contributed by atoms with van der Waals surface area (Å²) in [7, 11) is 0. The van der Waals surface area contributed by atoms with Crippen LogP contribution in [0.1, 0.15) is 81.0 Å². The Kier molecular flexibility index (Phi) is 4.73. The quantitative estimate of drug-likeness (QED) is 0.552. The average molecular weight is 380 g/mol. The number of allylic oxidation sites excluding steroid dienone is 2. The highest BCUT2D eigenvalue weighted by Gasteiger charge is 2.44. The molecule has 1 atom stereocenters. The molecule has 1 aliphatic carbocycles. The number of hydrogen-bond acceptors (Lipinski definition) is 3. The SMILES string of the molecule is Cc1cc(C)c(C)c(-c2noc3c2C(C(C)(C)C)C(=O)C=C3C(C)(C)C)c1C. The third kappa shape index (κ3) is 3.15. The van der Waals surface area contributed by atoms with Gasteiger partial charge in [0, 0.05) is 16.7 Å². The monoisotopic (exact) mass is 379 g/mol. The highest BCUT2D eigenvalue weighted by atomic mass is 16.5. The van der Waals surface area contributed by atoms with Gasteiger partial charge in [-0.3, -0.25) is 4.79 Å². The molecule has 0 spiro atoms. The van der Waals surface area contributed by atoms with Crippen LogP contribution < -0.4 is 0 Å². The smallest absolute Gasteiger partial charge is 0.168 e.